The summed E-state index contributed by atoms with van der Waals surface area (Å²) in [7, 11) is -3.93. The van der Waals surface area contributed by atoms with Crippen LogP contribution in [0.5, 0.6) is 0 Å². The number of halogens is 2. The van der Waals surface area contributed by atoms with Gasteiger partial charge >= 0.3 is 0 Å². The van der Waals surface area contributed by atoms with Crippen molar-refractivity contribution < 1.29 is 22.4 Å². The molecule has 1 N–H and O–H groups in total. The van der Waals surface area contributed by atoms with Gasteiger partial charge in [-0.2, -0.15) is 0 Å². The van der Waals surface area contributed by atoms with Crippen molar-refractivity contribution in [2.75, 3.05) is 18.4 Å². The van der Waals surface area contributed by atoms with Crippen LogP contribution in [0.1, 0.15) is 19.8 Å². The van der Waals surface area contributed by atoms with Gasteiger partial charge in [-0.3, -0.25) is 9.59 Å². The Labute approximate surface area is 182 Å². The summed E-state index contributed by atoms with van der Waals surface area (Å²) in [4.78, 5) is 30.7. The minimum Gasteiger partial charge on any atom is -0.342 e. The van der Waals surface area contributed by atoms with Gasteiger partial charge in [0.05, 0.1) is 4.90 Å². The molecule has 1 saturated heterocycles. The lowest BCUT2D eigenvalue weighted by Gasteiger charge is -2.32. The summed E-state index contributed by atoms with van der Waals surface area (Å²) in [5.41, 5.74) is 0. The zero-order valence-corrected chi connectivity index (χ0v) is 18.6. The van der Waals surface area contributed by atoms with Gasteiger partial charge in [0.25, 0.3) is 0 Å². The fraction of sp³-hybridized carbons (Fsp3) is 0.350. The number of likely N-dealkylation sites (tertiary alicyclic amines) is 1. The first-order valence-electron chi connectivity index (χ1n) is 9.39. The van der Waals surface area contributed by atoms with Crippen LogP contribution in [0.15, 0.2) is 52.0 Å². The molecule has 2 heterocycles. The standard InChI is InChI=1S/C20H21BrFN3O4S/c1-13(30(28,29)17-5-3-16(22)4-6-17)20(27)25-10-8-14(9-11-25)19(26)24-18-7-2-15(21)12-23-18/h2-7,12-14H,8-11H2,1H3,(H,23,24,26). The molecular weight excluding hydrogens is 477 g/mol. The highest BCUT2D eigenvalue weighted by Gasteiger charge is 2.35. The van der Waals surface area contributed by atoms with Crippen LogP contribution in [-0.4, -0.2) is 48.5 Å². The number of piperidine rings is 1. The Balaban J connectivity index is 1.58. The highest BCUT2D eigenvalue weighted by molar-refractivity contribution is 9.10. The summed E-state index contributed by atoms with van der Waals surface area (Å²) in [5, 5.41) is 1.46. The predicted octanol–water partition coefficient (Wildman–Crippen LogP) is 3.02. The average Bonchev–Trinajstić information content (AvgIpc) is 2.74. The molecule has 160 valence electrons. The van der Waals surface area contributed by atoms with E-state index in [2.05, 4.69) is 26.2 Å². The third kappa shape index (κ3) is 5.04. The van der Waals surface area contributed by atoms with E-state index in [9.17, 15) is 22.4 Å². The number of benzene rings is 1. The van der Waals surface area contributed by atoms with E-state index in [0.717, 1.165) is 28.7 Å². The molecule has 1 unspecified atom stereocenters. The molecule has 1 fully saturated rings. The van der Waals surface area contributed by atoms with Gasteiger partial charge in [0, 0.05) is 29.7 Å². The first-order chi connectivity index (χ1) is 14.2. The van der Waals surface area contributed by atoms with Crippen molar-refractivity contribution in [2.45, 2.75) is 29.9 Å². The predicted molar refractivity (Wildman–Crippen MR) is 113 cm³/mol. The molecular formula is C20H21BrFN3O4S. The molecule has 0 aliphatic carbocycles. The summed E-state index contributed by atoms with van der Waals surface area (Å²) >= 11 is 3.28. The van der Waals surface area contributed by atoms with Crippen LogP contribution in [0.4, 0.5) is 10.2 Å². The van der Waals surface area contributed by atoms with Crippen molar-refractivity contribution in [1.82, 2.24) is 9.88 Å². The normalized spacial score (nSPS) is 16.2. The van der Waals surface area contributed by atoms with E-state index >= 15 is 0 Å². The first kappa shape index (κ1) is 22.4. The smallest absolute Gasteiger partial charge is 0.241 e. The Hall–Kier alpha value is -2.33. The number of carbonyl (C=O) groups excluding carboxylic acids is 2. The molecule has 1 aliphatic rings. The topological polar surface area (TPSA) is 96.4 Å². The van der Waals surface area contributed by atoms with Gasteiger partial charge < -0.3 is 10.2 Å². The Kier molecular flexibility index (Phi) is 6.87. The zero-order chi connectivity index (χ0) is 21.9. The third-order valence-electron chi connectivity index (χ3n) is 5.11. The Morgan fingerprint density at radius 2 is 1.80 bits per heavy atom. The molecule has 1 atom stereocenters. The summed E-state index contributed by atoms with van der Waals surface area (Å²) in [5.74, 6) is -1.09. The summed E-state index contributed by atoms with van der Waals surface area (Å²) in [6.07, 6.45) is 2.44. The molecule has 0 radical (unpaired) electrons. The van der Waals surface area contributed by atoms with Gasteiger partial charge in [0.15, 0.2) is 9.84 Å². The van der Waals surface area contributed by atoms with Gasteiger partial charge in [-0.15, -0.1) is 0 Å². The lowest BCUT2D eigenvalue weighted by atomic mass is 9.95. The molecule has 2 aromatic rings. The number of carbonyl (C=O) groups is 2. The van der Waals surface area contributed by atoms with Gasteiger partial charge in [-0.25, -0.2) is 17.8 Å². The highest BCUT2D eigenvalue weighted by atomic mass is 79.9. The number of nitrogens with one attached hydrogen (secondary N) is 1. The maximum Gasteiger partial charge on any atom is 0.241 e. The third-order valence-corrected chi connectivity index (χ3v) is 7.64. The van der Waals surface area contributed by atoms with Crippen LogP contribution in [0.3, 0.4) is 0 Å². The Bertz CT molecular complexity index is 1020. The summed E-state index contributed by atoms with van der Waals surface area (Å²) < 4.78 is 39.2. The molecule has 30 heavy (non-hydrogen) atoms. The van der Waals surface area contributed by atoms with Crippen LogP contribution in [0, 0.1) is 11.7 Å². The second-order valence-corrected chi connectivity index (χ2v) is 10.3. The first-order valence-corrected chi connectivity index (χ1v) is 11.7. The SMILES string of the molecule is CC(C(=O)N1CCC(C(=O)Nc2ccc(Br)cn2)CC1)S(=O)(=O)c1ccc(F)cc1. The van der Waals surface area contributed by atoms with Crippen LogP contribution < -0.4 is 5.32 Å². The van der Waals surface area contributed by atoms with E-state index in [1.54, 1.807) is 18.3 Å². The number of amides is 2. The van der Waals surface area contributed by atoms with Crippen LogP contribution in [0.2, 0.25) is 0 Å². The molecule has 3 rings (SSSR count). The van der Waals surface area contributed by atoms with Crippen molar-refractivity contribution in [1.29, 1.82) is 0 Å². The van der Waals surface area contributed by atoms with Crippen molar-refractivity contribution in [3.05, 3.63) is 52.9 Å². The van der Waals surface area contributed by atoms with Gasteiger partial charge in [0.1, 0.15) is 16.9 Å². The lowest BCUT2D eigenvalue weighted by Crippen LogP contribution is -2.46. The van der Waals surface area contributed by atoms with E-state index < -0.39 is 26.8 Å². The molecule has 1 aliphatic heterocycles. The van der Waals surface area contributed by atoms with Gasteiger partial charge in [-0.05, 0) is 72.1 Å². The second kappa shape index (κ2) is 9.22. The zero-order valence-electron chi connectivity index (χ0n) is 16.2. The molecule has 10 heteroatoms. The number of rotatable bonds is 5. The van der Waals surface area contributed by atoms with E-state index in [0.29, 0.717) is 18.7 Å². The van der Waals surface area contributed by atoms with Crippen molar-refractivity contribution in [2.24, 2.45) is 5.92 Å². The van der Waals surface area contributed by atoms with E-state index in [1.807, 2.05) is 0 Å². The number of anilines is 1. The van der Waals surface area contributed by atoms with E-state index in [-0.39, 0.29) is 29.8 Å². The maximum absolute atomic E-state index is 13.1. The molecule has 0 spiro atoms. The van der Waals surface area contributed by atoms with Crippen LogP contribution in [-0.2, 0) is 19.4 Å². The molecule has 0 saturated carbocycles. The number of nitrogens with zero attached hydrogens (tertiary/aromatic N) is 2. The fourth-order valence-electron chi connectivity index (χ4n) is 3.26. The molecule has 7 nitrogen and oxygen atoms in total. The van der Waals surface area contributed by atoms with Gasteiger partial charge in [0.2, 0.25) is 11.8 Å². The quantitative estimate of drug-likeness (QED) is 0.640. The van der Waals surface area contributed by atoms with Gasteiger partial charge in [-0.1, -0.05) is 0 Å². The highest BCUT2D eigenvalue weighted by Crippen LogP contribution is 2.23. The molecule has 0 bridgehead atoms. The number of hydrogen-bond acceptors (Lipinski definition) is 5. The van der Waals surface area contributed by atoms with Crippen molar-refractivity contribution >= 4 is 43.4 Å². The van der Waals surface area contributed by atoms with E-state index in [1.165, 1.54) is 11.8 Å². The van der Waals surface area contributed by atoms with E-state index in [4.69, 9.17) is 0 Å². The molecule has 2 amide bonds. The monoisotopic (exact) mass is 497 g/mol. The van der Waals surface area contributed by atoms with Crippen molar-refractivity contribution in [3.63, 3.8) is 0 Å². The minimum atomic E-state index is -3.93. The fourth-order valence-corrected chi connectivity index (χ4v) is 4.83. The minimum absolute atomic E-state index is 0.0963. The number of aromatic nitrogens is 1. The Morgan fingerprint density at radius 1 is 1.17 bits per heavy atom. The number of pyridine rings is 1. The summed E-state index contributed by atoms with van der Waals surface area (Å²) in [6, 6.07) is 7.86. The van der Waals surface area contributed by atoms with Crippen LogP contribution >= 0.6 is 15.9 Å². The van der Waals surface area contributed by atoms with Crippen molar-refractivity contribution in [3.8, 4) is 0 Å². The molecule has 1 aromatic heterocycles. The average molecular weight is 498 g/mol. The largest absolute Gasteiger partial charge is 0.342 e. The Morgan fingerprint density at radius 3 is 2.37 bits per heavy atom. The molecule has 1 aromatic carbocycles. The summed E-state index contributed by atoms with van der Waals surface area (Å²) in [6.45, 7) is 1.90. The second-order valence-electron chi connectivity index (χ2n) is 7.09. The number of hydrogen-bond donors (Lipinski definition) is 1. The van der Waals surface area contributed by atoms with Crippen LogP contribution in [0.25, 0.3) is 0 Å². The lowest BCUT2D eigenvalue weighted by molar-refractivity contribution is -0.133. The maximum atomic E-state index is 13.1. The number of sulfone groups is 1.